The van der Waals surface area contributed by atoms with Gasteiger partial charge >= 0.3 is 5.97 Å². The van der Waals surface area contributed by atoms with E-state index in [-0.39, 0.29) is 17.7 Å². The molecule has 1 saturated heterocycles. The summed E-state index contributed by atoms with van der Waals surface area (Å²) < 4.78 is 0. The monoisotopic (exact) mass is 290 g/mol. The van der Waals surface area contributed by atoms with E-state index in [0.717, 1.165) is 44.0 Å². The number of aliphatic hydroxyl groups excluding tert-OH is 1. The van der Waals surface area contributed by atoms with Gasteiger partial charge in [-0.25, -0.2) is 9.78 Å². The van der Waals surface area contributed by atoms with Gasteiger partial charge in [0.05, 0.1) is 6.61 Å². The predicted molar refractivity (Wildman–Crippen MR) is 79.5 cm³/mol. The first-order chi connectivity index (χ1) is 10.1. The van der Waals surface area contributed by atoms with E-state index >= 15 is 0 Å². The van der Waals surface area contributed by atoms with Gasteiger partial charge in [-0.1, -0.05) is 12.8 Å². The van der Waals surface area contributed by atoms with Gasteiger partial charge < -0.3 is 15.1 Å². The second-order valence-corrected chi connectivity index (χ2v) is 6.54. The molecular formula is C16H22N2O3. The van der Waals surface area contributed by atoms with Crippen molar-refractivity contribution < 1.29 is 15.0 Å². The molecule has 1 atom stereocenters. The van der Waals surface area contributed by atoms with Crippen molar-refractivity contribution in [3.05, 3.63) is 24.0 Å². The topological polar surface area (TPSA) is 73.7 Å². The number of carboxylic acids is 1. The van der Waals surface area contributed by atoms with Gasteiger partial charge in [-0.3, -0.25) is 0 Å². The smallest absolute Gasteiger partial charge is 0.354 e. The van der Waals surface area contributed by atoms with Gasteiger partial charge in [0.25, 0.3) is 0 Å². The van der Waals surface area contributed by atoms with Crippen LogP contribution in [0.15, 0.2) is 18.3 Å². The van der Waals surface area contributed by atoms with Crippen LogP contribution in [-0.4, -0.2) is 40.9 Å². The third-order valence-electron chi connectivity index (χ3n) is 4.74. The van der Waals surface area contributed by atoms with E-state index in [0.29, 0.717) is 0 Å². The van der Waals surface area contributed by atoms with Crippen LogP contribution in [-0.2, 0) is 0 Å². The summed E-state index contributed by atoms with van der Waals surface area (Å²) >= 11 is 0. The highest BCUT2D eigenvalue weighted by molar-refractivity contribution is 5.86. The summed E-state index contributed by atoms with van der Waals surface area (Å²) in [5.74, 6) is -0.218. The fourth-order valence-electron chi connectivity index (χ4n) is 3.46. The second kappa shape index (κ2) is 5.64. The van der Waals surface area contributed by atoms with Crippen molar-refractivity contribution in [3.8, 4) is 0 Å². The van der Waals surface area contributed by atoms with Crippen LogP contribution in [0.3, 0.4) is 0 Å². The molecule has 0 aromatic carbocycles. The zero-order valence-electron chi connectivity index (χ0n) is 12.2. The molecule has 21 heavy (non-hydrogen) atoms. The van der Waals surface area contributed by atoms with Crippen molar-refractivity contribution in [1.29, 1.82) is 0 Å². The number of rotatable bonds is 5. The number of hydrogen-bond donors (Lipinski definition) is 2. The Bertz CT molecular complexity index is 530. The highest BCUT2D eigenvalue weighted by atomic mass is 16.4. The summed E-state index contributed by atoms with van der Waals surface area (Å²) in [7, 11) is 0. The van der Waals surface area contributed by atoms with Crippen LogP contribution >= 0.6 is 0 Å². The van der Waals surface area contributed by atoms with Gasteiger partial charge in [0.15, 0.2) is 0 Å². The quantitative estimate of drug-likeness (QED) is 0.869. The van der Waals surface area contributed by atoms with Crippen molar-refractivity contribution in [2.75, 3.05) is 24.6 Å². The van der Waals surface area contributed by atoms with Crippen LogP contribution < -0.4 is 4.90 Å². The van der Waals surface area contributed by atoms with Crippen molar-refractivity contribution >= 4 is 11.7 Å². The average Bonchev–Trinajstić information content (AvgIpc) is 3.31. The largest absolute Gasteiger partial charge is 0.477 e. The van der Waals surface area contributed by atoms with Crippen LogP contribution in [0.25, 0.3) is 0 Å². The van der Waals surface area contributed by atoms with Gasteiger partial charge in [-0.2, -0.15) is 0 Å². The molecule has 2 fully saturated rings. The molecule has 2 heterocycles. The van der Waals surface area contributed by atoms with Crippen LogP contribution in [0.1, 0.15) is 42.6 Å². The number of carbonyl (C=O) groups is 1. The van der Waals surface area contributed by atoms with Gasteiger partial charge in [0.1, 0.15) is 5.69 Å². The standard InChI is InChI=1S/C16H22N2O3/c19-11-16(9-12-2-3-12)5-1-7-18(10-16)13-4-6-17-14(8-13)15(20)21/h4,6,8,12,19H,1-3,5,7,9-11H2,(H,20,21)/t16-/m1/s1. The molecule has 2 N–H and O–H groups in total. The highest BCUT2D eigenvalue weighted by Gasteiger charge is 2.40. The summed E-state index contributed by atoms with van der Waals surface area (Å²) in [5.41, 5.74) is 0.956. The van der Waals surface area contributed by atoms with Gasteiger partial charge in [-0.05, 0) is 37.3 Å². The van der Waals surface area contributed by atoms with E-state index < -0.39 is 5.97 Å². The van der Waals surface area contributed by atoms with Gasteiger partial charge in [-0.15, -0.1) is 0 Å². The first-order valence-electron chi connectivity index (χ1n) is 7.67. The molecule has 0 amide bonds. The summed E-state index contributed by atoms with van der Waals surface area (Å²) in [5, 5.41) is 19.0. The van der Waals surface area contributed by atoms with Crippen LogP contribution in [0.2, 0.25) is 0 Å². The highest BCUT2D eigenvalue weighted by Crippen LogP contribution is 2.45. The third-order valence-corrected chi connectivity index (χ3v) is 4.74. The zero-order valence-corrected chi connectivity index (χ0v) is 12.2. The van der Waals surface area contributed by atoms with E-state index in [2.05, 4.69) is 9.88 Å². The van der Waals surface area contributed by atoms with Crippen LogP contribution in [0, 0.1) is 11.3 Å². The maximum atomic E-state index is 11.1. The minimum Gasteiger partial charge on any atom is -0.477 e. The molecular weight excluding hydrogens is 268 g/mol. The number of piperidine rings is 1. The molecule has 0 spiro atoms. The normalized spacial score (nSPS) is 25.9. The molecule has 5 nitrogen and oxygen atoms in total. The van der Waals surface area contributed by atoms with E-state index in [9.17, 15) is 9.90 Å². The van der Waals surface area contributed by atoms with E-state index in [1.807, 2.05) is 6.07 Å². The first kappa shape index (κ1) is 14.3. The fourth-order valence-corrected chi connectivity index (χ4v) is 3.46. The van der Waals surface area contributed by atoms with E-state index in [1.165, 1.54) is 12.8 Å². The van der Waals surface area contributed by atoms with Crippen LogP contribution in [0.4, 0.5) is 5.69 Å². The van der Waals surface area contributed by atoms with Gasteiger partial charge in [0.2, 0.25) is 0 Å². The number of nitrogens with zero attached hydrogens (tertiary/aromatic N) is 2. The Morgan fingerprint density at radius 3 is 2.95 bits per heavy atom. The molecule has 1 aromatic heterocycles. The zero-order chi connectivity index (χ0) is 14.9. The third kappa shape index (κ3) is 3.18. The number of pyridine rings is 1. The fraction of sp³-hybridized carbons (Fsp3) is 0.625. The Morgan fingerprint density at radius 1 is 1.48 bits per heavy atom. The predicted octanol–water partition coefficient (Wildman–Crippen LogP) is 2.16. The molecule has 114 valence electrons. The van der Waals surface area contributed by atoms with E-state index in [4.69, 9.17) is 5.11 Å². The summed E-state index contributed by atoms with van der Waals surface area (Å²) in [6, 6.07) is 3.49. The summed E-state index contributed by atoms with van der Waals surface area (Å²) in [6.07, 6.45) is 7.33. The van der Waals surface area contributed by atoms with Crippen molar-refractivity contribution in [2.45, 2.75) is 32.1 Å². The number of carboxylic acid groups (broad SMARTS) is 1. The number of anilines is 1. The molecule has 0 bridgehead atoms. The molecule has 1 saturated carbocycles. The molecule has 2 aliphatic rings. The van der Waals surface area contributed by atoms with Crippen molar-refractivity contribution in [2.24, 2.45) is 11.3 Å². The maximum absolute atomic E-state index is 11.1. The Morgan fingerprint density at radius 2 is 2.29 bits per heavy atom. The molecule has 3 rings (SSSR count). The Balaban J connectivity index is 1.78. The Kier molecular flexibility index (Phi) is 3.85. The first-order valence-corrected chi connectivity index (χ1v) is 7.67. The average molecular weight is 290 g/mol. The van der Waals surface area contributed by atoms with E-state index in [1.54, 1.807) is 12.3 Å². The number of aromatic carboxylic acids is 1. The summed E-state index contributed by atoms with van der Waals surface area (Å²) in [4.78, 5) is 17.1. The van der Waals surface area contributed by atoms with Crippen LogP contribution in [0.5, 0.6) is 0 Å². The van der Waals surface area contributed by atoms with Crippen molar-refractivity contribution in [3.63, 3.8) is 0 Å². The lowest BCUT2D eigenvalue weighted by Crippen LogP contribution is -2.45. The van der Waals surface area contributed by atoms with Gasteiger partial charge in [0, 0.05) is 30.4 Å². The lowest BCUT2D eigenvalue weighted by molar-refractivity contribution is 0.0690. The summed E-state index contributed by atoms with van der Waals surface area (Å²) in [6.45, 7) is 1.94. The molecule has 1 aromatic rings. The number of hydrogen-bond acceptors (Lipinski definition) is 4. The lowest BCUT2D eigenvalue weighted by Gasteiger charge is -2.43. The Hall–Kier alpha value is -1.62. The Labute approximate surface area is 124 Å². The molecule has 0 unspecified atom stereocenters. The number of aromatic nitrogens is 1. The molecule has 5 heteroatoms. The minimum absolute atomic E-state index is 0.0218. The lowest BCUT2D eigenvalue weighted by atomic mass is 9.76. The maximum Gasteiger partial charge on any atom is 0.354 e. The second-order valence-electron chi connectivity index (χ2n) is 6.54. The number of aliphatic hydroxyl groups is 1. The molecule has 1 aliphatic carbocycles. The molecule has 1 aliphatic heterocycles. The SMILES string of the molecule is O=C(O)c1cc(N2CCC[C@@](CO)(CC3CC3)C2)ccn1. The molecule has 0 radical (unpaired) electrons. The minimum atomic E-state index is -1.000. The van der Waals surface area contributed by atoms with Crippen molar-refractivity contribution in [1.82, 2.24) is 4.98 Å².